The van der Waals surface area contributed by atoms with E-state index in [0.29, 0.717) is 0 Å². The normalized spacial score (nSPS) is 23.5. The van der Waals surface area contributed by atoms with Crippen molar-refractivity contribution < 1.29 is 0 Å². The van der Waals surface area contributed by atoms with E-state index in [1.807, 2.05) is 0 Å². The molecule has 2 heteroatoms. The van der Waals surface area contributed by atoms with E-state index in [-0.39, 0.29) is 0 Å². The maximum Gasteiger partial charge on any atom is 0.00981 e. The zero-order chi connectivity index (χ0) is 26.1. The molecular weight excluding hydrogens is 460 g/mol. The lowest BCUT2D eigenvalue weighted by atomic mass is 9.88. The zero-order valence-corrected chi connectivity index (χ0v) is 25.8. The van der Waals surface area contributed by atoms with E-state index < -0.39 is 0 Å². The van der Waals surface area contributed by atoms with Crippen molar-refractivity contribution in [1.29, 1.82) is 0 Å². The van der Waals surface area contributed by atoms with Crippen LogP contribution in [-0.2, 0) is 0 Å². The van der Waals surface area contributed by atoms with Crippen molar-refractivity contribution in [2.75, 3.05) is 13.1 Å². The fraction of sp³-hybridized carbons (Fsp3) is 1.00. The van der Waals surface area contributed by atoms with E-state index in [1.165, 1.54) is 206 Å². The summed E-state index contributed by atoms with van der Waals surface area (Å²) < 4.78 is 0. The molecule has 4 aliphatic rings. The van der Waals surface area contributed by atoms with Crippen molar-refractivity contribution in [1.82, 2.24) is 9.80 Å². The Bertz CT molecular complexity index is 466. The van der Waals surface area contributed by atoms with Crippen LogP contribution in [0.15, 0.2) is 0 Å². The Morgan fingerprint density at radius 3 is 0.711 bits per heavy atom. The molecule has 0 aromatic rings. The van der Waals surface area contributed by atoms with Gasteiger partial charge < -0.3 is 0 Å². The van der Waals surface area contributed by atoms with Gasteiger partial charge in [-0.15, -0.1) is 0 Å². The monoisotopic (exact) mass is 529 g/mol. The lowest BCUT2D eigenvalue weighted by Crippen LogP contribution is -2.45. The van der Waals surface area contributed by atoms with E-state index in [2.05, 4.69) is 9.80 Å². The molecule has 0 aromatic heterocycles. The third-order valence-corrected chi connectivity index (χ3v) is 11.3. The fourth-order valence-corrected chi connectivity index (χ4v) is 8.98. The van der Waals surface area contributed by atoms with Crippen LogP contribution in [0.1, 0.15) is 193 Å². The van der Waals surface area contributed by atoms with Crippen molar-refractivity contribution in [3.05, 3.63) is 0 Å². The molecule has 0 bridgehead atoms. The molecule has 4 fully saturated rings. The first kappa shape index (κ1) is 30.9. The smallest absolute Gasteiger partial charge is 0.00981 e. The van der Waals surface area contributed by atoms with Crippen molar-refractivity contribution in [2.24, 2.45) is 0 Å². The van der Waals surface area contributed by atoms with E-state index in [4.69, 9.17) is 0 Å². The molecule has 0 saturated heterocycles. The molecule has 0 aliphatic heterocycles. The summed E-state index contributed by atoms with van der Waals surface area (Å²) in [6.45, 7) is 2.82. The average Bonchev–Trinajstić information content (AvgIpc) is 2.99. The van der Waals surface area contributed by atoms with Gasteiger partial charge in [-0.3, -0.25) is 9.80 Å². The molecule has 0 radical (unpaired) electrons. The van der Waals surface area contributed by atoms with Gasteiger partial charge in [-0.2, -0.15) is 0 Å². The highest BCUT2D eigenvalue weighted by Gasteiger charge is 2.29. The lowest BCUT2D eigenvalue weighted by molar-refractivity contribution is 0.0787. The third kappa shape index (κ3) is 11.1. The molecule has 222 valence electrons. The van der Waals surface area contributed by atoms with Crippen LogP contribution in [0.3, 0.4) is 0 Å². The molecule has 4 saturated carbocycles. The fourth-order valence-electron chi connectivity index (χ4n) is 8.98. The largest absolute Gasteiger partial charge is 0.297 e. The molecule has 0 spiro atoms. The summed E-state index contributed by atoms with van der Waals surface area (Å²) in [5.41, 5.74) is 0. The van der Waals surface area contributed by atoms with Gasteiger partial charge >= 0.3 is 0 Å². The highest BCUT2D eigenvalue weighted by Crippen LogP contribution is 2.32. The Kier molecular flexibility index (Phi) is 15.5. The summed E-state index contributed by atoms with van der Waals surface area (Å²) in [6.07, 6.45) is 44.7. The van der Waals surface area contributed by atoms with Crippen LogP contribution in [0.4, 0.5) is 0 Å². The van der Waals surface area contributed by atoms with Crippen LogP contribution < -0.4 is 0 Å². The topological polar surface area (TPSA) is 6.48 Å². The molecule has 0 amide bonds. The van der Waals surface area contributed by atoms with Crippen molar-refractivity contribution in [2.45, 2.75) is 217 Å². The molecular formula is C36H68N2. The average molecular weight is 529 g/mol. The Balaban J connectivity index is 1.00. The van der Waals surface area contributed by atoms with Gasteiger partial charge in [0.2, 0.25) is 0 Å². The maximum absolute atomic E-state index is 3.03. The molecule has 4 rings (SSSR count). The van der Waals surface area contributed by atoms with Crippen molar-refractivity contribution >= 4 is 0 Å². The summed E-state index contributed by atoms with van der Waals surface area (Å²) >= 11 is 0. The first-order valence-corrected chi connectivity index (χ1v) is 18.4. The Hall–Kier alpha value is -0.0800. The number of unbranched alkanes of at least 4 members (excludes halogenated alkanes) is 9. The molecule has 0 aromatic carbocycles. The molecule has 38 heavy (non-hydrogen) atoms. The van der Waals surface area contributed by atoms with Gasteiger partial charge in [0.1, 0.15) is 0 Å². The predicted molar refractivity (Wildman–Crippen MR) is 167 cm³/mol. The van der Waals surface area contributed by atoms with Crippen LogP contribution in [0.2, 0.25) is 0 Å². The van der Waals surface area contributed by atoms with E-state index in [0.717, 1.165) is 24.2 Å². The highest BCUT2D eigenvalue weighted by molar-refractivity contribution is 4.85. The lowest BCUT2D eigenvalue weighted by Gasteiger charge is -2.42. The Morgan fingerprint density at radius 1 is 0.263 bits per heavy atom. The minimum Gasteiger partial charge on any atom is -0.297 e. The SMILES string of the molecule is C(CCCCCCN(C1CCCCC1)C1CCCCC1)CCCCCN(C1CCCCC1)C1CCCCC1. The van der Waals surface area contributed by atoms with E-state index in [9.17, 15) is 0 Å². The van der Waals surface area contributed by atoms with Gasteiger partial charge in [0.25, 0.3) is 0 Å². The highest BCUT2D eigenvalue weighted by atomic mass is 15.2. The predicted octanol–water partition coefficient (Wildman–Crippen LogP) is 10.8. The molecule has 0 N–H and O–H groups in total. The van der Waals surface area contributed by atoms with Crippen LogP contribution in [0.5, 0.6) is 0 Å². The van der Waals surface area contributed by atoms with Gasteiger partial charge in [-0.25, -0.2) is 0 Å². The Labute approximate surface area is 239 Å². The maximum atomic E-state index is 3.03. The van der Waals surface area contributed by atoms with Crippen LogP contribution in [0.25, 0.3) is 0 Å². The second-order valence-electron chi connectivity index (χ2n) is 14.2. The minimum absolute atomic E-state index is 0.934. The summed E-state index contributed by atoms with van der Waals surface area (Å²) in [6, 6.07) is 3.74. The Morgan fingerprint density at radius 2 is 0.474 bits per heavy atom. The summed E-state index contributed by atoms with van der Waals surface area (Å²) in [5, 5.41) is 0. The molecule has 0 unspecified atom stereocenters. The van der Waals surface area contributed by atoms with E-state index >= 15 is 0 Å². The summed E-state index contributed by atoms with van der Waals surface area (Å²) in [7, 11) is 0. The zero-order valence-electron chi connectivity index (χ0n) is 25.8. The first-order valence-electron chi connectivity index (χ1n) is 18.4. The van der Waals surface area contributed by atoms with Gasteiger partial charge in [-0.1, -0.05) is 128 Å². The van der Waals surface area contributed by atoms with E-state index in [1.54, 1.807) is 0 Å². The number of nitrogens with zero attached hydrogens (tertiary/aromatic N) is 2. The number of hydrogen-bond acceptors (Lipinski definition) is 2. The first-order chi connectivity index (χ1) is 18.9. The van der Waals surface area contributed by atoms with Crippen LogP contribution >= 0.6 is 0 Å². The standard InChI is InChI=1S/C36H68N2/c1(3-5-7-21-31-37(33-23-13-9-14-24-33)34-25-15-10-16-26-34)2-4-6-8-22-32-38(35-27-17-11-18-28-35)36-29-19-12-20-30-36/h33-36H,1-32H2. The van der Waals surface area contributed by atoms with Gasteiger partial charge in [0.05, 0.1) is 0 Å². The second kappa shape index (κ2) is 19.1. The van der Waals surface area contributed by atoms with Crippen LogP contribution in [-0.4, -0.2) is 47.1 Å². The van der Waals surface area contributed by atoms with Crippen molar-refractivity contribution in [3.63, 3.8) is 0 Å². The van der Waals surface area contributed by atoms with Gasteiger partial charge in [0, 0.05) is 24.2 Å². The quantitative estimate of drug-likeness (QED) is 0.173. The number of rotatable bonds is 17. The van der Waals surface area contributed by atoms with Crippen LogP contribution in [0, 0.1) is 0 Å². The van der Waals surface area contributed by atoms with Gasteiger partial charge in [0.15, 0.2) is 0 Å². The molecule has 4 aliphatic carbocycles. The summed E-state index contributed by atoms with van der Waals surface area (Å²) in [4.78, 5) is 6.06. The molecule has 0 atom stereocenters. The number of hydrogen-bond donors (Lipinski definition) is 0. The third-order valence-electron chi connectivity index (χ3n) is 11.3. The summed E-state index contributed by atoms with van der Waals surface area (Å²) in [5.74, 6) is 0. The molecule has 2 nitrogen and oxygen atoms in total. The van der Waals surface area contributed by atoms with Gasteiger partial charge in [-0.05, 0) is 77.3 Å². The second-order valence-corrected chi connectivity index (χ2v) is 14.2. The van der Waals surface area contributed by atoms with Crippen molar-refractivity contribution in [3.8, 4) is 0 Å². The minimum atomic E-state index is 0.934. The molecule has 0 heterocycles.